The second kappa shape index (κ2) is 11.9. The van der Waals surface area contributed by atoms with Crippen molar-refractivity contribution in [1.82, 2.24) is 4.90 Å². The van der Waals surface area contributed by atoms with Crippen molar-refractivity contribution in [3.05, 3.63) is 12.2 Å². The van der Waals surface area contributed by atoms with Crippen LogP contribution in [0.3, 0.4) is 0 Å². The van der Waals surface area contributed by atoms with Crippen LogP contribution in [-0.2, 0) is 0 Å². The van der Waals surface area contributed by atoms with Crippen molar-refractivity contribution in [1.29, 1.82) is 0 Å². The highest BCUT2D eigenvalue weighted by atomic mass is 16.3. The number of aliphatic hydroxyl groups excluding tert-OH is 1. The van der Waals surface area contributed by atoms with E-state index in [0.29, 0.717) is 0 Å². The van der Waals surface area contributed by atoms with Gasteiger partial charge in [0.1, 0.15) is 12.4 Å². The van der Waals surface area contributed by atoms with Crippen molar-refractivity contribution in [3.8, 4) is 0 Å². The monoisotopic (exact) mass is 294 g/mol. The first kappa shape index (κ1) is 18.4. The quantitative estimate of drug-likeness (QED) is 0.424. The maximum atomic E-state index is 9.62. The number of hydrogen-bond acceptors (Lipinski definition) is 3. The average molecular weight is 294 g/mol. The van der Waals surface area contributed by atoms with Crippen molar-refractivity contribution < 1.29 is 5.11 Å². The SMILES string of the molecule is CCCCCCCCCC/C=C/CC1N=CCN1C(C)O. The number of hydrogen-bond donors (Lipinski definition) is 1. The van der Waals surface area contributed by atoms with Gasteiger partial charge in [0.05, 0.1) is 0 Å². The first-order valence-electron chi connectivity index (χ1n) is 8.86. The van der Waals surface area contributed by atoms with Crippen molar-refractivity contribution in [2.24, 2.45) is 4.99 Å². The lowest BCUT2D eigenvalue weighted by molar-refractivity contribution is 0.0106. The standard InChI is InChI=1S/C18H34N2O/c1-3-4-5-6-7-8-9-10-11-12-13-14-18-19-15-16-20(18)17(2)21/h12-13,15,17-18,21H,3-11,14,16H2,1-2H3/b13-12+. The fourth-order valence-corrected chi connectivity index (χ4v) is 2.80. The molecule has 0 saturated heterocycles. The Balaban J connectivity index is 1.94. The summed E-state index contributed by atoms with van der Waals surface area (Å²) in [5, 5.41) is 9.62. The van der Waals surface area contributed by atoms with Gasteiger partial charge in [-0.25, -0.2) is 0 Å². The van der Waals surface area contributed by atoms with E-state index in [4.69, 9.17) is 0 Å². The summed E-state index contributed by atoms with van der Waals surface area (Å²) in [5.41, 5.74) is 0. The number of aliphatic imine (C=N–C) groups is 1. The van der Waals surface area contributed by atoms with E-state index in [9.17, 15) is 5.11 Å². The largest absolute Gasteiger partial charge is 0.379 e. The number of unbranched alkanes of at least 4 members (excludes halogenated alkanes) is 8. The van der Waals surface area contributed by atoms with Gasteiger partial charge >= 0.3 is 0 Å². The molecule has 1 N–H and O–H groups in total. The van der Waals surface area contributed by atoms with Gasteiger partial charge in [-0.15, -0.1) is 0 Å². The average Bonchev–Trinajstić information content (AvgIpc) is 2.93. The van der Waals surface area contributed by atoms with E-state index in [2.05, 4.69) is 24.1 Å². The van der Waals surface area contributed by atoms with Gasteiger partial charge in [0.25, 0.3) is 0 Å². The highest BCUT2D eigenvalue weighted by Crippen LogP contribution is 2.14. The number of nitrogens with zero attached hydrogens (tertiary/aromatic N) is 2. The molecular weight excluding hydrogens is 260 g/mol. The molecule has 3 heteroatoms. The third-order valence-electron chi connectivity index (χ3n) is 4.17. The Morgan fingerprint density at radius 3 is 2.48 bits per heavy atom. The molecule has 0 amide bonds. The molecule has 0 aromatic heterocycles. The maximum Gasteiger partial charge on any atom is 0.107 e. The summed E-state index contributed by atoms with van der Waals surface area (Å²) in [5.74, 6) is 0. The molecule has 0 bridgehead atoms. The van der Waals surface area contributed by atoms with Crippen LogP contribution in [0.4, 0.5) is 0 Å². The molecular formula is C18H34N2O. The van der Waals surface area contributed by atoms with E-state index in [1.165, 1.54) is 57.8 Å². The van der Waals surface area contributed by atoms with Crippen LogP contribution in [0.2, 0.25) is 0 Å². The van der Waals surface area contributed by atoms with Crippen LogP contribution in [0.1, 0.15) is 78.1 Å². The summed E-state index contributed by atoms with van der Waals surface area (Å²) in [6, 6.07) is 0. The number of aliphatic hydroxyl groups is 1. The smallest absolute Gasteiger partial charge is 0.107 e. The third kappa shape index (κ3) is 8.37. The van der Waals surface area contributed by atoms with E-state index in [1.54, 1.807) is 0 Å². The highest BCUT2D eigenvalue weighted by Gasteiger charge is 2.22. The van der Waals surface area contributed by atoms with Crippen LogP contribution < -0.4 is 0 Å². The summed E-state index contributed by atoms with van der Waals surface area (Å²) >= 11 is 0. The Morgan fingerprint density at radius 2 is 1.81 bits per heavy atom. The fourth-order valence-electron chi connectivity index (χ4n) is 2.80. The molecule has 2 atom stereocenters. The second-order valence-electron chi connectivity index (χ2n) is 6.11. The van der Waals surface area contributed by atoms with E-state index < -0.39 is 6.23 Å². The summed E-state index contributed by atoms with van der Waals surface area (Å²) in [4.78, 5) is 6.43. The van der Waals surface area contributed by atoms with Crippen molar-refractivity contribution in [3.63, 3.8) is 0 Å². The van der Waals surface area contributed by atoms with Gasteiger partial charge in [0, 0.05) is 19.2 Å². The molecule has 1 heterocycles. The van der Waals surface area contributed by atoms with Gasteiger partial charge in [0.15, 0.2) is 0 Å². The van der Waals surface area contributed by atoms with E-state index >= 15 is 0 Å². The summed E-state index contributed by atoms with van der Waals surface area (Å²) < 4.78 is 0. The lowest BCUT2D eigenvalue weighted by Crippen LogP contribution is -2.37. The van der Waals surface area contributed by atoms with Gasteiger partial charge in [-0.2, -0.15) is 0 Å². The van der Waals surface area contributed by atoms with Crippen LogP contribution in [0, 0.1) is 0 Å². The Kier molecular flexibility index (Phi) is 10.4. The zero-order valence-corrected chi connectivity index (χ0v) is 14.0. The molecule has 1 aliphatic rings. The van der Waals surface area contributed by atoms with Gasteiger partial charge in [-0.1, -0.05) is 64.0 Å². The van der Waals surface area contributed by atoms with Crippen LogP contribution in [0.15, 0.2) is 17.1 Å². The summed E-state index contributed by atoms with van der Waals surface area (Å²) in [6.45, 7) is 4.85. The lowest BCUT2D eigenvalue weighted by Gasteiger charge is -2.24. The Hall–Kier alpha value is -0.670. The van der Waals surface area contributed by atoms with Crippen LogP contribution in [-0.4, -0.2) is 35.2 Å². The molecule has 1 aliphatic heterocycles. The zero-order valence-electron chi connectivity index (χ0n) is 14.0. The molecule has 122 valence electrons. The topological polar surface area (TPSA) is 35.8 Å². The molecule has 0 spiro atoms. The Labute approximate surface area is 131 Å². The van der Waals surface area contributed by atoms with Gasteiger partial charge < -0.3 is 5.11 Å². The van der Waals surface area contributed by atoms with Gasteiger partial charge in [0.2, 0.25) is 0 Å². The molecule has 0 saturated carbocycles. The zero-order chi connectivity index (χ0) is 15.3. The lowest BCUT2D eigenvalue weighted by atomic mass is 10.1. The van der Waals surface area contributed by atoms with E-state index in [0.717, 1.165) is 13.0 Å². The molecule has 0 aromatic rings. The van der Waals surface area contributed by atoms with Gasteiger partial charge in [-0.05, 0) is 19.8 Å². The highest BCUT2D eigenvalue weighted by molar-refractivity contribution is 5.62. The normalized spacial score (nSPS) is 20.6. The predicted molar refractivity (Wildman–Crippen MR) is 91.7 cm³/mol. The molecule has 0 aliphatic carbocycles. The predicted octanol–water partition coefficient (Wildman–Crippen LogP) is 4.51. The van der Waals surface area contributed by atoms with Crippen LogP contribution in [0.25, 0.3) is 0 Å². The summed E-state index contributed by atoms with van der Waals surface area (Å²) in [7, 11) is 0. The van der Waals surface area contributed by atoms with Crippen LogP contribution in [0.5, 0.6) is 0 Å². The van der Waals surface area contributed by atoms with Crippen LogP contribution >= 0.6 is 0 Å². The molecule has 21 heavy (non-hydrogen) atoms. The molecule has 0 fully saturated rings. The summed E-state index contributed by atoms with van der Waals surface area (Å²) in [6.07, 6.45) is 19.3. The maximum absolute atomic E-state index is 9.62. The van der Waals surface area contributed by atoms with Gasteiger partial charge in [-0.3, -0.25) is 9.89 Å². The number of rotatable bonds is 12. The van der Waals surface area contributed by atoms with Crippen molar-refractivity contribution >= 4 is 6.21 Å². The molecule has 1 rings (SSSR count). The molecule has 3 nitrogen and oxygen atoms in total. The van der Waals surface area contributed by atoms with E-state index in [1.807, 2.05) is 18.0 Å². The van der Waals surface area contributed by atoms with Crippen molar-refractivity contribution in [2.45, 2.75) is 90.4 Å². The fraction of sp³-hybridized carbons (Fsp3) is 0.833. The third-order valence-corrected chi connectivity index (χ3v) is 4.17. The Bertz CT molecular complexity index is 300. The van der Waals surface area contributed by atoms with Crippen molar-refractivity contribution in [2.75, 3.05) is 6.54 Å². The van der Waals surface area contributed by atoms with E-state index in [-0.39, 0.29) is 6.17 Å². The second-order valence-corrected chi connectivity index (χ2v) is 6.11. The molecule has 0 aromatic carbocycles. The Morgan fingerprint density at radius 1 is 1.14 bits per heavy atom. The minimum absolute atomic E-state index is 0.139. The minimum Gasteiger partial charge on any atom is -0.379 e. The number of allylic oxidation sites excluding steroid dienone is 1. The first-order valence-corrected chi connectivity index (χ1v) is 8.86. The first-order chi connectivity index (χ1) is 10.3. The minimum atomic E-state index is -0.404. The molecule has 2 unspecified atom stereocenters. The molecule has 0 radical (unpaired) electrons.